The van der Waals surface area contributed by atoms with Crippen molar-refractivity contribution in [3.8, 4) is 22.8 Å². The standard InChI is InChI=1S/C25H22N4O3S/c1-32-21-14-8-11-19(15-21)24-27-28-25(29(24)20-12-6-3-7-13-20)33-17-23(31)26-16-22(30)18-9-4-2-5-10-18/h2-15H,16-17H2,1H3,(H,26,31). The van der Waals surface area contributed by atoms with E-state index >= 15 is 0 Å². The van der Waals surface area contributed by atoms with Crippen LogP contribution in [0.1, 0.15) is 10.4 Å². The second-order valence-corrected chi connectivity index (χ2v) is 8.01. The predicted molar refractivity (Wildman–Crippen MR) is 128 cm³/mol. The monoisotopic (exact) mass is 458 g/mol. The van der Waals surface area contributed by atoms with Crippen molar-refractivity contribution < 1.29 is 14.3 Å². The van der Waals surface area contributed by atoms with Crippen LogP contribution in [0, 0.1) is 0 Å². The average molecular weight is 459 g/mol. The number of ether oxygens (including phenoxy) is 1. The number of hydrogen-bond acceptors (Lipinski definition) is 6. The van der Waals surface area contributed by atoms with E-state index in [4.69, 9.17) is 4.74 Å². The SMILES string of the molecule is COc1cccc(-c2nnc(SCC(=O)NCC(=O)c3ccccc3)n2-c2ccccc2)c1. The number of para-hydroxylation sites is 1. The summed E-state index contributed by atoms with van der Waals surface area (Å²) in [7, 11) is 1.61. The zero-order chi connectivity index (χ0) is 23.0. The summed E-state index contributed by atoms with van der Waals surface area (Å²) in [5, 5.41) is 12.0. The molecular weight excluding hydrogens is 436 g/mol. The van der Waals surface area contributed by atoms with Gasteiger partial charge >= 0.3 is 0 Å². The number of nitrogens with one attached hydrogen (secondary N) is 1. The molecule has 0 atom stereocenters. The van der Waals surface area contributed by atoms with Gasteiger partial charge in [-0.15, -0.1) is 10.2 Å². The van der Waals surface area contributed by atoms with Gasteiger partial charge in [-0.3, -0.25) is 14.2 Å². The number of thioether (sulfide) groups is 1. The van der Waals surface area contributed by atoms with Crippen molar-refractivity contribution in [2.75, 3.05) is 19.4 Å². The summed E-state index contributed by atoms with van der Waals surface area (Å²) in [5.41, 5.74) is 2.29. The van der Waals surface area contributed by atoms with E-state index in [0.717, 1.165) is 11.3 Å². The Morgan fingerprint density at radius 1 is 0.939 bits per heavy atom. The molecule has 0 aliphatic carbocycles. The van der Waals surface area contributed by atoms with Crippen molar-refractivity contribution in [2.45, 2.75) is 5.16 Å². The molecule has 33 heavy (non-hydrogen) atoms. The fraction of sp³-hybridized carbons (Fsp3) is 0.120. The number of carbonyl (C=O) groups is 2. The highest BCUT2D eigenvalue weighted by Gasteiger charge is 2.18. The van der Waals surface area contributed by atoms with Gasteiger partial charge in [-0.2, -0.15) is 0 Å². The molecule has 0 radical (unpaired) electrons. The third-order valence-corrected chi connectivity index (χ3v) is 5.78. The lowest BCUT2D eigenvalue weighted by Gasteiger charge is -2.11. The van der Waals surface area contributed by atoms with E-state index in [-0.39, 0.29) is 24.0 Å². The number of carbonyl (C=O) groups excluding carboxylic acids is 2. The molecule has 1 aromatic heterocycles. The van der Waals surface area contributed by atoms with Gasteiger partial charge in [-0.05, 0) is 24.3 Å². The second-order valence-electron chi connectivity index (χ2n) is 7.06. The maximum absolute atomic E-state index is 12.4. The largest absolute Gasteiger partial charge is 0.497 e. The van der Waals surface area contributed by atoms with E-state index in [1.54, 1.807) is 31.4 Å². The Morgan fingerprint density at radius 2 is 1.67 bits per heavy atom. The van der Waals surface area contributed by atoms with Crippen molar-refractivity contribution >= 4 is 23.5 Å². The molecule has 1 N–H and O–H groups in total. The molecule has 0 bridgehead atoms. The summed E-state index contributed by atoms with van der Waals surface area (Å²) in [4.78, 5) is 24.6. The fourth-order valence-corrected chi connectivity index (χ4v) is 3.99. The first-order valence-electron chi connectivity index (χ1n) is 10.3. The molecule has 7 nitrogen and oxygen atoms in total. The minimum atomic E-state index is -0.255. The Hall–Kier alpha value is -3.91. The zero-order valence-corrected chi connectivity index (χ0v) is 18.8. The van der Waals surface area contributed by atoms with Gasteiger partial charge in [-0.25, -0.2) is 0 Å². The van der Waals surface area contributed by atoms with Crippen LogP contribution in [0.25, 0.3) is 17.1 Å². The number of rotatable bonds is 9. The van der Waals surface area contributed by atoms with Crippen molar-refractivity contribution in [3.05, 3.63) is 90.5 Å². The van der Waals surface area contributed by atoms with Gasteiger partial charge in [0.1, 0.15) is 5.75 Å². The summed E-state index contributed by atoms with van der Waals surface area (Å²) < 4.78 is 7.25. The number of hydrogen-bond donors (Lipinski definition) is 1. The van der Waals surface area contributed by atoms with E-state index in [0.29, 0.717) is 22.3 Å². The first-order valence-corrected chi connectivity index (χ1v) is 11.3. The Kier molecular flexibility index (Phi) is 7.16. The molecule has 166 valence electrons. The van der Waals surface area contributed by atoms with E-state index in [2.05, 4.69) is 15.5 Å². The molecule has 1 amide bonds. The van der Waals surface area contributed by atoms with Crippen LogP contribution in [0.2, 0.25) is 0 Å². The quantitative estimate of drug-likeness (QED) is 0.301. The van der Waals surface area contributed by atoms with Crippen LogP contribution in [-0.2, 0) is 4.79 Å². The van der Waals surface area contributed by atoms with Gasteiger partial charge in [0.25, 0.3) is 0 Å². The van der Waals surface area contributed by atoms with Crippen LogP contribution in [0.3, 0.4) is 0 Å². The van der Waals surface area contributed by atoms with Gasteiger partial charge in [0, 0.05) is 16.8 Å². The van der Waals surface area contributed by atoms with Crippen molar-refractivity contribution in [3.63, 3.8) is 0 Å². The molecule has 0 unspecified atom stereocenters. The molecule has 4 rings (SSSR count). The van der Waals surface area contributed by atoms with E-state index < -0.39 is 0 Å². The molecule has 4 aromatic rings. The van der Waals surface area contributed by atoms with Crippen LogP contribution in [0.4, 0.5) is 0 Å². The fourth-order valence-electron chi connectivity index (χ4n) is 3.21. The van der Waals surface area contributed by atoms with Crippen LogP contribution in [0.15, 0.2) is 90.1 Å². The molecule has 0 spiro atoms. The highest BCUT2D eigenvalue weighted by Crippen LogP contribution is 2.29. The summed E-state index contributed by atoms with van der Waals surface area (Å²) in [5.74, 6) is 1.07. The van der Waals surface area contributed by atoms with Crippen LogP contribution in [0.5, 0.6) is 5.75 Å². The van der Waals surface area contributed by atoms with Gasteiger partial charge < -0.3 is 10.1 Å². The molecular formula is C25H22N4O3S. The number of nitrogens with zero attached hydrogens (tertiary/aromatic N) is 3. The average Bonchev–Trinajstić information content (AvgIpc) is 3.31. The molecule has 0 saturated carbocycles. The first-order chi connectivity index (χ1) is 16.2. The highest BCUT2D eigenvalue weighted by atomic mass is 32.2. The Labute approximate surface area is 195 Å². The number of benzene rings is 3. The molecule has 1 heterocycles. The normalized spacial score (nSPS) is 10.6. The molecule has 0 saturated heterocycles. The summed E-state index contributed by atoms with van der Waals surface area (Å²) in [6.45, 7) is -0.0517. The van der Waals surface area contributed by atoms with Crippen molar-refractivity contribution in [1.29, 1.82) is 0 Å². The number of methoxy groups -OCH3 is 1. The second kappa shape index (κ2) is 10.6. The highest BCUT2D eigenvalue weighted by molar-refractivity contribution is 7.99. The summed E-state index contributed by atoms with van der Waals surface area (Å²) in [6, 6.07) is 26.2. The topological polar surface area (TPSA) is 86.1 Å². The molecule has 3 aromatic carbocycles. The number of amides is 1. The minimum Gasteiger partial charge on any atom is -0.497 e. The van der Waals surface area contributed by atoms with Crippen LogP contribution in [-0.4, -0.2) is 45.9 Å². The van der Waals surface area contributed by atoms with Crippen LogP contribution >= 0.6 is 11.8 Å². The zero-order valence-electron chi connectivity index (χ0n) is 18.0. The van der Waals surface area contributed by atoms with Gasteiger partial charge in [0.05, 0.1) is 19.4 Å². The maximum atomic E-state index is 12.4. The molecule has 0 aliphatic heterocycles. The van der Waals surface area contributed by atoms with Gasteiger partial charge in [0.2, 0.25) is 5.91 Å². The van der Waals surface area contributed by atoms with E-state index in [1.807, 2.05) is 65.2 Å². The molecule has 8 heteroatoms. The lowest BCUT2D eigenvalue weighted by Crippen LogP contribution is -2.30. The van der Waals surface area contributed by atoms with E-state index in [9.17, 15) is 9.59 Å². The van der Waals surface area contributed by atoms with Gasteiger partial charge in [-0.1, -0.05) is 72.4 Å². The van der Waals surface area contributed by atoms with Crippen molar-refractivity contribution in [1.82, 2.24) is 20.1 Å². The van der Waals surface area contributed by atoms with Gasteiger partial charge in [0.15, 0.2) is 16.8 Å². The third-order valence-electron chi connectivity index (χ3n) is 4.85. The van der Waals surface area contributed by atoms with Crippen LogP contribution < -0.4 is 10.1 Å². The molecule has 0 aliphatic rings. The lowest BCUT2D eigenvalue weighted by molar-refractivity contribution is -0.118. The Balaban J connectivity index is 1.50. The number of aromatic nitrogens is 3. The number of ketones is 1. The minimum absolute atomic E-state index is 0.0517. The Morgan fingerprint density at radius 3 is 2.39 bits per heavy atom. The lowest BCUT2D eigenvalue weighted by atomic mass is 10.1. The summed E-state index contributed by atoms with van der Waals surface area (Å²) in [6.07, 6.45) is 0. The smallest absolute Gasteiger partial charge is 0.230 e. The van der Waals surface area contributed by atoms with E-state index in [1.165, 1.54) is 11.8 Å². The first kappa shape index (κ1) is 22.3. The van der Waals surface area contributed by atoms with Crippen molar-refractivity contribution in [2.24, 2.45) is 0 Å². The summed E-state index contributed by atoms with van der Waals surface area (Å²) >= 11 is 1.26. The Bertz CT molecular complexity index is 1240. The predicted octanol–water partition coefficient (Wildman–Crippen LogP) is 4.03. The molecule has 0 fully saturated rings. The number of Topliss-reactive ketones (excluding diaryl/α,β-unsaturated/α-hetero) is 1. The maximum Gasteiger partial charge on any atom is 0.230 e. The third kappa shape index (κ3) is 5.48.